The number of benzene rings is 1. The van der Waals surface area contributed by atoms with Crippen molar-refractivity contribution in [3.63, 3.8) is 0 Å². The maximum Gasteiger partial charge on any atom is 0.245 e. The standard InChI is InChI=1S/C15H21N5/c1-11-5-3-6-12(2)13(11)14-17-15(19-18-14)20-9-4-7-16-8-10-20/h3,5-6,16H,4,7-10H2,1-2H3,(H,17,18,19). The minimum atomic E-state index is 0.811. The molecule has 0 saturated carbocycles. The highest BCUT2D eigenvalue weighted by Gasteiger charge is 2.16. The van der Waals surface area contributed by atoms with Gasteiger partial charge in [0.15, 0.2) is 5.82 Å². The summed E-state index contributed by atoms with van der Waals surface area (Å²) in [4.78, 5) is 6.94. The number of hydrogen-bond donors (Lipinski definition) is 2. The summed E-state index contributed by atoms with van der Waals surface area (Å²) in [6.07, 6.45) is 1.13. The first-order chi connectivity index (χ1) is 9.75. The van der Waals surface area contributed by atoms with Crippen LogP contribution in [-0.4, -0.2) is 41.4 Å². The Kier molecular flexibility index (Phi) is 3.69. The van der Waals surface area contributed by atoms with E-state index in [0.717, 1.165) is 44.4 Å². The summed E-state index contributed by atoms with van der Waals surface area (Å²) in [7, 11) is 0. The summed E-state index contributed by atoms with van der Waals surface area (Å²) >= 11 is 0. The molecule has 1 aliphatic rings. The first kappa shape index (κ1) is 13.1. The summed E-state index contributed by atoms with van der Waals surface area (Å²) in [5.41, 5.74) is 3.62. The molecule has 0 radical (unpaired) electrons. The van der Waals surface area contributed by atoms with Gasteiger partial charge in [0.1, 0.15) is 0 Å². The third-order valence-electron chi connectivity index (χ3n) is 3.81. The molecule has 2 N–H and O–H groups in total. The summed E-state index contributed by atoms with van der Waals surface area (Å²) < 4.78 is 0. The predicted octanol–water partition coefficient (Wildman–Crippen LogP) is 1.89. The van der Waals surface area contributed by atoms with Crippen LogP contribution in [0.3, 0.4) is 0 Å². The number of aryl methyl sites for hydroxylation is 2. The molecule has 0 amide bonds. The van der Waals surface area contributed by atoms with Gasteiger partial charge in [-0.05, 0) is 37.9 Å². The molecule has 2 aromatic rings. The van der Waals surface area contributed by atoms with Crippen LogP contribution in [0.2, 0.25) is 0 Å². The van der Waals surface area contributed by atoms with Gasteiger partial charge in [0.2, 0.25) is 5.95 Å². The number of anilines is 1. The van der Waals surface area contributed by atoms with Crippen LogP contribution in [0, 0.1) is 13.8 Å². The Morgan fingerprint density at radius 2 is 1.90 bits per heavy atom. The van der Waals surface area contributed by atoms with Crippen LogP contribution in [0.4, 0.5) is 5.95 Å². The molecule has 1 fully saturated rings. The van der Waals surface area contributed by atoms with E-state index in [1.54, 1.807) is 0 Å². The lowest BCUT2D eigenvalue weighted by atomic mass is 10.0. The number of hydrogen-bond acceptors (Lipinski definition) is 4. The maximum atomic E-state index is 4.70. The van der Waals surface area contributed by atoms with E-state index in [0.29, 0.717) is 0 Å². The molecule has 0 atom stereocenters. The number of aromatic amines is 1. The van der Waals surface area contributed by atoms with Crippen molar-refractivity contribution in [1.82, 2.24) is 20.5 Å². The van der Waals surface area contributed by atoms with Crippen molar-refractivity contribution >= 4 is 5.95 Å². The first-order valence-electron chi connectivity index (χ1n) is 7.20. The van der Waals surface area contributed by atoms with Gasteiger partial charge in [-0.25, -0.2) is 0 Å². The van der Waals surface area contributed by atoms with Gasteiger partial charge >= 0.3 is 0 Å². The molecular formula is C15H21N5. The van der Waals surface area contributed by atoms with Crippen LogP contribution in [0.5, 0.6) is 0 Å². The Balaban J connectivity index is 1.90. The quantitative estimate of drug-likeness (QED) is 0.876. The zero-order chi connectivity index (χ0) is 13.9. The molecule has 0 aliphatic carbocycles. The number of H-pyrrole nitrogens is 1. The Hall–Kier alpha value is -1.88. The molecule has 20 heavy (non-hydrogen) atoms. The van der Waals surface area contributed by atoms with Gasteiger partial charge < -0.3 is 10.2 Å². The number of nitrogens with zero attached hydrogens (tertiary/aromatic N) is 3. The summed E-state index contributed by atoms with van der Waals surface area (Å²) in [6.45, 7) is 8.26. The summed E-state index contributed by atoms with van der Waals surface area (Å²) in [5, 5.41) is 10.9. The lowest BCUT2D eigenvalue weighted by molar-refractivity contribution is 0.724. The second kappa shape index (κ2) is 5.63. The lowest BCUT2D eigenvalue weighted by Gasteiger charge is -2.16. The van der Waals surface area contributed by atoms with Crippen LogP contribution in [0.1, 0.15) is 17.5 Å². The molecular weight excluding hydrogens is 250 g/mol. The highest BCUT2D eigenvalue weighted by atomic mass is 15.4. The van der Waals surface area contributed by atoms with Crippen molar-refractivity contribution < 1.29 is 0 Å². The fourth-order valence-corrected chi connectivity index (χ4v) is 2.74. The van der Waals surface area contributed by atoms with Crippen molar-refractivity contribution in [2.45, 2.75) is 20.3 Å². The molecule has 1 aromatic carbocycles. The van der Waals surface area contributed by atoms with Gasteiger partial charge in [-0.2, -0.15) is 4.98 Å². The second-order valence-corrected chi connectivity index (χ2v) is 5.34. The number of aromatic nitrogens is 3. The van der Waals surface area contributed by atoms with Gasteiger partial charge in [0.25, 0.3) is 0 Å². The Labute approximate surface area is 119 Å². The molecule has 1 aromatic heterocycles. The normalized spacial score (nSPS) is 16.2. The highest BCUT2D eigenvalue weighted by Crippen LogP contribution is 2.25. The average Bonchev–Trinajstić information content (AvgIpc) is 2.74. The van der Waals surface area contributed by atoms with E-state index in [-0.39, 0.29) is 0 Å². The van der Waals surface area contributed by atoms with Crippen molar-refractivity contribution in [2.24, 2.45) is 0 Å². The average molecular weight is 271 g/mol. The molecule has 5 nitrogen and oxygen atoms in total. The zero-order valence-electron chi connectivity index (χ0n) is 12.1. The topological polar surface area (TPSA) is 56.8 Å². The number of rotatable bonds is 2. The minimum Gasteiger partial charge on any atom is -0.338 e. The fourth-order valence-electron chi connectivity index (χ4n) is 2.74. The minimum absolute atomic E-state index is 0.811. The molecule has 106 valence electrons. The van der Waals surface area contributed by atoms with Crippen LogP contribution in [0.15, 0.2) is 18.2 Å². The van der Waals surface area contributed by atoms with Crippen LogP contribution >= 0.6 is 0 Å². The molecule has 2 heterocycles. The third kappa shape index (κ3) is 2.54. The molecule has 1 saturated heterocycles. The molecule has 0 unspecified atom stereocenters. The maximum absolute atomic E-state index is 4.70. The van der Waals surface area contributed by atoms with Gasteiger partial charge in [0, 0.05) is 25.2 Å². The van der Waals surface area contributed by atoms with Gasteiger partial charge in [-0.15, -0.1) is 5.10 Å². The van der Waals surface area contributed by atoms with E-state index in [2.05, 4.69) is 52.5 Å². The Morgan fingerprint density at radius 3 is 2.70 bits per heavy atom. The molecule has 3 rings (SSSR count). The van der Waals surface area contributed by atoms with Crippen LogP contribution in [0.25, 0.3) is 11.4 Å². The van der Waals surface area contributed by atoms with E-state index in [1.807, 2.05) is 0 Å². The summed E-state index contributed by atoms with van der Waals surface area (Å²) in [5.74, 6) is 1.68. The highest BCUT2D eigenvalue weighted by molar-refractivity contribution is 5.65. The zero-order valence-corrected chi connectivity index (χ0v) is 12.1. The molecule has 0 bridgehead atoms. The first-order valence-corrected chi connectivity index (χ1v) is 7.20. The van der Waals surface area contributed by atoms with Gasteiger partial charge in [-0.1, -0.05) is 18.2 Å². The van der Waals surface area contributed by atoms with Gasteiger partial charge in [-0.3, -0.25) is 5.10 Å². The van der Waals surface area contributed by atoms with Crippen molar-refractivity contribution in [3.8, 4) is 11.4 Å². The largest absolute Gasteiger partial charge is 0.338 e. The lowest BCUT2D eigenvalue weighted by Crippen LogP contribution is -2.28. The van der Waals surface area contributed by atoms with Gasteiger partial charge in [0.05, 0.1) is 0 Å². The second-order valence-electron chi connectivity index (χ2n) is 5.34. The smallest absolute Gasteiger partial charge is 0.245 e. The molecule has 0 spiro atoms. The number of nitrogens with one attached hydrogen (secondary N) is 2. The van der Waals surface area contributed by atoms with E-state index in [9.17, 15) is 0 Å². The van der Waals surface area contributed by atoms with Crippen LogP contribution in [-0.2, 0) is 0 Å². The third-order valence-corrected chi connectivity index (χ3v) is 3.81. The monoisotopic (exact) mass is 271 g/mol. The SMILES string of the molecule is Cc1cccc(C)c1-c1nc(N2CCCNCC2)n[nH]1. The van der Waals surface area contributed by atoms with Crippen molar-refractivity contribution in [2.75, 3.05) is 31.1 Å². The Bertz CT molecular complexity index is 561. The van der Waals surface area contributed by atoms with Crippen molar-refractivity contribution in [3.05, 3.63) is 29.3 Å². The van der Waals surface area contributed by atoms with E-state index in [4.69, 9.17) is 4.98 Å². The molecule has 1 aliphatic heterocycles. The van der Waals surface area contributed by atoms with E-state index < -0.39 is 0 Å². The van der Waals surface area contributed by atoms with Crippen molar-refractivity contribution in [1.29, 1.82) is 0 Å². The predicted molar refractivity (Wildman–Crippen MR) is 81.0 cm³/mol. The van der Waals surface area contributed by atoms with Crippen LogP contribution < -0.4 is 10.2 Å². The molecule has 5 heteroatoms. The van der Waals surface area contributed by atoms with E-state index in [1.165, 1.54) is 16.7 Å². The Morgan fingerprint density at radius 1 is 1.10 bits per heavy atom. The van der Waals surface area contributed by atoms with E-state index >= 15 is 0 Å². The summed E-state index contributed by atoms with van der Waals surface area (Å²) in [6, 6.07) is 6.30. The fraction of sp³-hybridized carbons (Fsp3) is 0.467.